The number of rotatable bonds is 22. The Kier molecular flexibility index (Phi) is 25.1. The SMILES string of the molecule is CC(C)Oc1nn(C)c2cc(Nc3n[nH]c4cccnc34)ccc12.CC(C)c1nn(C)c2cc(Nc3n[nH]c4cccnc34)ccc12.CC1CCC(=O)N1c1nn(C)c2cc(Nc3c[nH]c4cccnc34)ccc12.COc1ccc2[nH]nc(Nc3ccc4c(C5CC5)nn(C)c4c3)c2c1.Cc1cc(COc2nn(C)c3cc(Nc4n[nH]c5cccnc45)ccc23)on1.Cn1nc(C2CC2)c2ccc(Nc3[nH]nc4ncccc34)cc21. The Hall–Kier alpha value is -19.1. The molecule has 2 saturated carbocycles. The van der Waals surface area contributed by atoms with Crippen LogP contribution in [0.25, 0.3) is 131 Å². The summed E-state index contributed by atoms with van der Waals surface area (Å²) in [5, 5.41) is 96.7. The van der Waals surface area contributed by atoms with E-state index in [0.717, 1.165) is 196 Å². The minimum absolute atomic E-state index is 0.0856. The number of carbonyl (C=O) groups excluding carboxylic acids is 1. The van der Waals surface area contributed by atoms with Crippen LogP contribution in [0.3, 0.4) is 0 Å². The molecule has 754 valence electrons. The van der Waals surface area contributed by atoms with Crippen molar-refractivity contribution in [3.8, 4) is 17.5 Å². The van der Waals surface area contributed by atoms with Crippen molar-refractivity contribution in [2.24, 2.45) is 42.3 Å². The number of benzene rings is 7. The van der Waals surface area contributed by atoms with Gasteiger partial charge < -0.3 is 55.6 Å². The van der Waals surface area contributed by atoms with Crippen molar-refractivity contribution in [1.82, 2.24) is 145 Å². The van der Waals surface area contributed by atoms with Crippen LogP contribution in [0, 0.1) is 6.92 Å². The topological polar surface area (TPSA) is 477 Å². The fraction of sp³-hybridized carbons (Fsp3) is 0.229. The highest BCUT2D eigenvalue weighted by molar-refractivity contribution is 6.05. The van der Waals surface area contributed by atoms with Crippen LogP contribution in [0.4, 0.5) is 74.7 Å². The van der Waals surface area contributed by atoms with Gasteiger partial charge in [0.25, 0.3) is 0 Å². The Morgan fingerprint density at radius 1 is 0.413 bits per heavy atom. The quantitative estimate of drug-likeness (QED) is 0.0300. The molecule has 12 N–H and O–H groups in total. The summed E-state index contributed by atoms with van der Waals surface area (Å²) in [7, 11) is 13.4. The summed E-state index contributed by atoms with van der Waals surface area (Å²) in [6.45, 7) is 12.5. The summed E-state index contributed by atoms with van der Waals surface area (Å²) in [5.41, 5.74) is 26.1. The summed E-state index contributed by atoms with van der Waals surface area (Å²) in [6.07, 6.45) is 17.3. The van der Waals surface area contributed by atoms with Crippen LogP contribution in [0.15, 0.2) is 236 Å². The van der Waals surface area contributed by atoms with E-state index in [1.54, 1.807) is 42.8 Å². The summed E-state index contributed by atoms with van der Waals surface area (Å²) in [5.74, 6) is 9.02. The molecule has 2 aliphatic carbocycles. The van der Waals surface area contributed by atoms with E-state index in [4.69, 9.17) is 28.9 Å². The van der Waals surface area contributed by atoms with E-state index in [1.807, 2.05) is 231 Å². The van der Waals surface area contributed by atoms with E-state index < -0.39 is 0 Å². The Morgan fingerprint density at radius 2 is 0.867 bits per heavy atom. The molecule has 41 heteroatoms. The molecule has 28 rings (SSSR count). The molecule has 3 fully saturated rings. The molecule has 0 spiro atoms. The molecule has 0 bridgehead atoms. The van der Waals surface area contributed by atoms with Crippen LogP contribution in [0.2, 0.25) is 0 Å². The number of pyridine rings is 5. The molecule has 1 unspecified atom stereocenters. The first-order valence-electron chi connectivity index (χ1n) is 49.6. The molecule has 1 amide bonds. The number of hydrogen-bond donors (Lipinski definition) is 12. The molecule has 3 aliphatic rings. The second kappa shape index (κ2) is 39.8. The number of anilines is 13. The van der Waals surface area contributed by atoms with Crippen molar-refractivity contribution in [1.29, 1.82) is 0 Å². The summed E-state index contributed by atoms with van der Waals surface area (Å²) in [4.78, 5) is 39.1. The number of aryl methyl sites for hydroxylation is 7. The third-order valence-electron chi connectivity index (χ3n) is 26.8. The van der Waals surface area contributed by atoms with E-state index >= 15 is 0 Å². The van der Waals surface area contributed by atoms with Gasteiger partial charge in [0.1, 0.15) is 33.6 Å². The fourth-order valence-corrected chi connectivity index (χ4v) is 19.0. The zero-order chi connectivity index (χ0) is 103. The van der Waals surface area contributed by atoms with Gasteiger partial charge in [-0.1, -0.05) is 19.0 Å². The molecule has 1 atom stereocenters. The summed E-state index contributed by atoms with van der Waals surface area (Å²) < 4.78 is 33.4. The lowest BCUT2D eigenvalue weighted by molar-refractivity contribution is -0.117. The Labute approximate surface area is 855 Å². The van der Waals surface area contributed by atoms with Gasteiger partial charge in [-0.25, -0.2) is 4.98 Å². The highest BCUT2D eigenvalue weighted by Gasteiger charge is 2.34. The van der Waals surface area contributed by atoms with Crippen LogP contribution in [0.1, 0.15) is 119 Å². The van der Waals surface area contributed by atoms with E-state index in [-0.39, 0.29) is 24.7 Å². The predicted molar refractivity (Wildman–Crippen MR) is 584 cm³/mol. The number of amides is 1. The van der Waals surface area contributed by atoms with Gasteiger partial charge in [-0.15, -0.1) is 10.2 Å². The smallest absolute Gasteiger partial charge is 0.241 e. The molecule has 7 aromatic carbocycles. The summed E-state index contributed by atoms with van der Waals surface area (Å²) >= 11 is 0. The minimum atomic E-state index is 0.0856. The van der Waals surface area contributed by atoms with Crippen LogP contribution < -0.4 is 51.0 Å². The molecule has 19 heterocycles. The third kappa shape index (κ3) is 19.1. The first-order chi connectivity index (χ1) is 73.0. The third-order valence-corrected chi connectivity index (χ3v) is 26.8. The Morgan fingerprint density at radius 3 is 1.40 bits per heavy atom. The van der Waals surface area contributed by atoms with Crippen molar-refractivity contribution in [3.63, 3.8) is 0 Å². The van der Waals surface area contributed by atoms with Gasteiger partial charge in [-0.2, -0.15) is 45.9 Å². The average Bonchev–Trinajstić information content (AvgIpc) is 1.63. The van der Waals surface area contributed by atoms with Crippen LogP contribution in [-0.2, 0) is 53.7 Å². The number of fused-ring (bicyclic) bond motifs is 12. The van der Waals surface area contributed by atoms with Crippen molar-refractivity contribution < 1.29 is 23.5 Å². The van der Waals surface area contributed by atoms with Gasteiger partial charge in [-0.3, -0.25) is 83.2 Å². The van der Waals surface area contributed by atoms with Crippen molar-refractivity contribution in [2.45, 2.75) is 117 Å². The number of methoxy groups -OCH3 is 1. The zero-order valence-corrected chi connectivity index (χ0v) is 84.6. The maximum Gasteiger partial charge on any atom is 0.241 e. The van der Waals surface area contributed by atoms with Gasteiger partial charge in [0.2, 0.25) is 17.7 Å². The molecule has 25 aromatic rings. The number of hydrogen-bond acceptors (Lipinski definition) is 28. The molecular weight excluding hydrogens is 1890 g/mol. The molecule has 150 heavy (non-hydrogen) atoms. The fourth-order valence-electron chi connectivity index (χ4n) is 19.0. The normalized spacial score (nSPS) is 13.5. The largest absolute Gasteiger partial charge is 0.497 e. The van der Waals surface area contributed by atoms with E-state index in [9.17, 15) is 4.79 Å². The second-order valence-corrected chi connectivity index (χ2v) is 38.2. The van der Waals surface area contributed by atoms with Gasteiger partial charge in [0.05, 0.1) is 119 Å². The molecule has 41 nitrogen and oxygen atoms in total. The van der Waals surface area contributed by atoms with E-state index in [0.29, 0.717) is 59.0 Å². The number of ether oxygens (including phenoxy) is 3. The molecular formula is C109H108N36O5. The van der Waals surface area contributed by atoms with Crippen LogP contribution in [-0.4, -0.2) is 170 Å². The average molecular weight is 2000 g/mol. The van der Waals surface area contributed by atoms with Gasteiger partial charge >= 0.3 is 0 Å². The van der Waals surface area contributed by atoms with Crippen LogP contribution >= 0.6 is 0 Å². The maximum absolute atomic E-state index is 12.3. The number of nitrogens with one attached hydrogen (secondary N) is 12. The standard InChI is InChI=1S/C20H20N6O.C19H17N7O2.C19H19N5O.C17H18N6O.C17H16N6.C17H18N6/c1-12-5-8-18(27)26(12)20-14-7-6-13(10-17(14)25(2)24-20)23-16-11-22-15-4-3-9-21-19(15)16;1-11-8-13(28-25-11)10-27-19-14-6-5-12(9-16(14)26(2)24-19)21-18-17-15(22-23-18)4-3-7-20-17;1-24-17-9-12(5-7-14(17)18(23-24)11-3-4-11)20-19-15-10-13(25-2)6-8-16(15)21-22-19;1-10(2)24-17-12-7-6-11(9-14(12)23(3)22-17)19-16-15-13(20-21-16)5-4-8-18-15;1-23-14-9-11(6-7-12(14)15(22-23)10-4-5-10)19-17-13-3-2-8-18-16(13)20-21-17;1-10(2)15-12-7-6-11(9-14(12)23(3)22-15)19-17-16-13(20-21-17)5-4-8-18-16/h3-4,6-7,9-12,22-23H,5,8H2,1-2H3;3-9H,10H2,1-2H3,(H2,21,22,23);5-11H,3-4H2,1-2H3,(H2,20,21,22);4-10H,1-3H3,(H2,19,20,21);2-3,6-10H,4-5H2,1H3,(H2,18,19,20,21);4-10H,1-3H3,(H2,19,20,21). The lowest BCUT2D eigenvalue weighted by atomic mass is 10.1. The first-order valence-corrected chi connectivity index (χ1v) is 49.6. The maximum atomic E-state index is 12.3. The zero-order valence-electron chi connectivity index (χ0n) is 84.6. The second-order valence-electron chi connectivity index (χ2n) is 38.2. The highest BCUT2D eigenvalue weighted by atomic mass is 16.5. The lowest BCUT2D eigenvalue weighted by Gasteiger charge is -2.19. The number of aromatic amines is 6. The Balaban J connectivity index is 0.0000000988. The van der Waals surface area contributed by atoms with Crippen LogP contribution in [0.5, 0.6) is 17.5 Å². The van der Waals surface area contributed by atoms with E-state index in [2.05, 4.69) is 220 Å². The predicted octanol–water partition coefficient (Wildman–Crippen LogP) is 21.8. The molecule has 18 aromatic heterocycles. The number of nitrogens with zero attached hydrogens (tertiary/aromatic N) is 24. The van der Waals surface area contributed by atoms with Gasteiger partial charge in [0, 0.05) is 171 Å². The van der Waals surface area contributed by atoms with Crippen molar-refractivity contribution in [3.05, 3.63) is 260 Å². The van der Waals surface area contributed by atoms with Crippen molar-refractivity contribution >= 4 is 212 Å². The van der Waals surface area contributed by atoms with Gasteiger partial charge in [0.15, 0.2) is 47.1 Å². The number of carbonyl (C=O) groups is 1. The van der Waals surface area contributed by atoms with E-state index in [1.165, 1.54) is 53.2 Å². The highest BCUT2D eigenvalue weighted by Crippen LogP contribution is 2.46. The molecule has 1 aliphatic heterocycles. The lowest BCUT2D eigenvalue weighted by Crippen LogP contribution is -2.31. The van der Waals surface area contributed by atoms with Crippen molar-refractivity contribution in [2.75, 3.05) is 43.9 Å². The Bertz CT molecular complexity index is 9170. The molecule has 1 saturated heterocycles. The molecule has 0 radical (unpaired) electrons. The number of aromatic nitrogens is 29. The minimum Gasteiger partial charge on any atom is -0.497 e. The first kappa shape index (κ1) is 94.5. The monoisotopic (exact) mass is 2000 g/mol. The summed E-state index contributed by atoms with van der Waals surface area (Å²) in [6, 6.07) is 64.3. The van der Waals surface area contributed by atoms with Gasteiger partial charge in [-0.05, 0) is 254 Å². The number of H-pyrrole nitrogens is 6.